The molecule has 0 heterocycles. The monoisotopic (exact) mass is 189 g/mol. The highest BCUT2D eigenvalue weighted by Crippen LogP contribution is 2.12. The van der Waals surface area contributed by atoms with Gasteiger partial charge in [0.15, 0.2) is 0 Å². The number of hydrogen-bond acceptors (Lipinski definition) is 2. The van der Waals surface area contributed by atoms with Gasteiger partial charge in [-0.15, -0.1) is 9.79 Å². The van der Waals surface area contributed by atoms with Gasteiger partial charge in [-0.1, -0.05) is 18.2 Å². The second kappa shape index (κ2) is 5.66. The molecule has 3 N–H and O–H groups in total. The minimum Gasteiger partial charge on any atom is -0.508 e. The lowest BCUT2D eigenvalue weighted by atomic mass is 10.2. The minimum atomic E-state index is -2.87. The molecule has 5 heteroatoms. The van der Waals surface area contributed by atoms with Crippen molar-refractivity contribution >= 4 is 8.25 Å². The Morgan fingerprint density at radius 3 is 1.92 bits per heavy atom. The predicted octanol–water partition coefficient (Wildman–Crippen LogP) is 1.33. The Balaban J connectivity index is 0.000000261. The van der Waals surface area contributed by atoms with Gasteiger partial charge in [-0.3, -0.25) is 0 Å². The molecule has 12 heavy (non-hydrogen) atoms. The lowest BCUT2D eigenvalue weighted by Gasteiger charge is -1.92. The van der Waals surface area contributed by atoms with Crippen LogP contribution in [0.25, 0.3) is 0 Å². The predicted molar refractivity (Wildman–Crippen MR) is 44.9 cm³/mol. The summed E-state index contributed by atoms with van der Waals surface area (Å²) in [6.45, 7) is 1.87. The maximum absolute atomic E-state index is 8.92. The molecule has 66 valence electrons. The van der Waals surface area contributed by atoms with Crippen LogP contribution in [-0.2, 0) is 4.57 Å². The second-order valence-corrected chi connectivity index (χ2v) is 2.54. The normalized spacial score (nSPS) is 8.25. The molecule has 1 aromatic rings. The Kier molecular flexibility index (Phi) is 5.21. The van der Waals surface area contributed by atoms with Crippen LogP contribution in [0.15, 0.2) is 24.3 Å². The van der Waals surface area contributed by atoms with Crippen LogP contribution in [0, 0.1) is 6.92 Å². The van der Waals surface area contributed by atoms with E-state index in [1.165, 1.54) is 0 Å². The summed E-state index contributed by atoms with van der Waals surface area (Å²) in [6, 6.07) is 7.25. The molecule has 0 aliphatic rings. The Labute approximate surface area is 71.1 Å². The molecule has 1 rings (SSSR count). The van der Waals surface area contributed by atoms with Crippen molar-refractivity contribution in [1.29, 1.82) is 0 Å². The number of para-hydroxylation sites is 1. The summed E-state index contributed by atoms with van der Waals surface area (Å²) in [5.74, 6) is 0.368. The molecule has 0 bridgehead atoms. The van der Waals surface area contributed by atoms with Crippen LogP contribution >= 0.6 is 8.25 Å². The Morgan fingerprint density at radius 1 is 1.25 bits per heavy atom. The average Bonchev–Trinajstić information content (AvgIpc) is 1.94. The number of hydrogen-bond donors (Lipinski definition) is 3. The van der Waals surface area contributed by atoms with Crippen LogP contribution in [0.4, 0.5) is 0 Å². The maximum atomic E-state index is 8.92. The van der Waals surface area contributed by atoms with Crippen molar-refractivity contribution in [2.24, 2.45) is 0 Å². The van der Waals surface area contributed by atoms with Gasteiger partial charge in [0.25, 0.3) is 0 Å². The Morgan fingerprint density at radius 2 is 1.67 bits per heavy atom. The molecule has 0 atom stereocenters. The summed E-state index contributed by atoms with van der Waals surface area (Å²) in [7, 11) is -2.87. The average molecular weight is 189 g/mol. The van der Waals surface area contributed by atoms with Crippen LogP contribution in [0.1, 0.15) is 5.56 Å². The zero-order valence-corrected chi connectivity index (χ0v) is 7.40. The first-order valence-corrected chi connectivity index (χ1v) is 4.30. The van der Waals surface area contributed by atoms with Crippen molar-refractivity contribution in [3.05, 3.63) is 29.8 Å². The topological polar surface area (TPSA) is 77.8 Å². The number of aromatic hydroxyl groups is 1. The molecule has 1 aromatic carbocycles. The van der Waals surface area contributed by atoms with Crippen molar-refractivity contribution < 1.29 is 19.5 Å². The molecule has 0 aromatic heterocycles. The van der Waals surface area contributed by atoms with E-state index < -0.39 is 8.25 Å². The van der Waals surface area contributed by atoms with E-state index in [4.69, 9.17) is 19.5 Å². The van der Waals surface area contributed by atoms with E-state index in [2.05, 4.69) is 0 Å². The van der Waals surface area contributed by atoms with E-state index >= 15 is 0 Å². The summed E-state index contributed by atoms with van der Waals surface area (Å²) < 4.78 is 8.70. The highest BCUT2D eigenvalue weighted by molar-refractivity contribution is 7.30. The molecule has 0 fully saturated rings. The third-order valence-corrected chi connectivity index (χ3v) is 1.12. The zero-order valence-electron chi connectivity index (χ0n) is 6.51. The van der Waals surface area contributed by atoms with Gasteiger partial charge >= 0.3 is 8.25 Å². The van der Waals surface area contributed by atoms with Gasteiger partial charge in [0, 0.05) is 4.57 Å². The number of phenolic OH excluding ortho intramolecular Hbond substituents is 1. The summed E-state index contributed by atoms with van der Waals surface area (Å²) in [5, 5.41) is 8.92. The number of rotatable bonds is 0. The zero-order chi connectivity index (χ0) is 9.56. The largest absolute Gasteiger partial charge is 0.692 e. The maximum Gasteiger partial charge on any atom is 0.692 e. The lowest BCUT2D eigenvalue weighted by molar-refractivity contribution is 0.405. The minimum absolute atomic E-state index is 0.368. The molecule has 0 radical (unpaired) electrons. The van der Waals surface area contributed by atoms with Crippen LogP contribution < -0.4 is 0 Å². The first kappa shape index (κ1) is 11.0. The Hall–Kier alpha value is -0.960. The van der Waals surface area contributed by atoms with E-state index in [0.29, 0.717) is 5.75 Å². The first-order chi connectivity index (χ1) is 5.54. The van der Waals surface area contributed by atoms with Crippen LogP contribution in [0.2, 0.25) is 0 Å². The number of aryl methyl sites for hydroxylation is 1. The molecule has 0 amide bonds. The van der Waals surface area contributed by atoms with E-state index in [1.807, 2.05) is 25.1 Å². The van der Waals surface area contributed by atoms with E-state index in [1.54, 1.807) is 6.07 Å². The van der Waals surface area contributed by atoms with Crippen LogP contribution in [-0.4, -0.2) is 14.9 Å². The fraction of sp³-hybridized carbons (Fsp3) is 0.143. The summed E-state index contributed by atoms with van der Waals surface area (Å²) >= 11 is 0. The quantitative estimate of drug-likeness (QED) is 0.538. The summed E-state index contributed by atoms with van der Waals surface area (Å²) in [5.41, 5.74) is 0.924. The van der Waals surface area contributed by atoms with E-state index in [9.17, 15) is 0 Å². The van der Waals surface area contributed by atoms with Gasteiger partial charge in [0.05, 0.1) is 0 Å². The van der Waals surface area contributed by atoms with Gasteiger partial charge in [-0.2, -0.15) is 0 Å². The van der Waals surface area contributed by atoms with Gasteiger partial charge < -0.3 is 5.11 Å². The SMILES string of the molecule is Cc1ccccc1O.O=[P+](O)O. The van der Waals surface area contributed by atoms with Gasteiger partial charge in [0.2, 0.25) is 0 Å². The van der Waals surface area contributed by atoms with Gasteiger partial charge in [-0.25, -0.2) is 0 Å². The number of phenols is 1. The van der Waals surface area contributed by atoms with Gasteiger partial charge in [-0.05, 0) is 18.6 Å². The second-order valence-electron chi connectivity index (χ2n) is 2.04. The summed E-state index contributed by atoms with van der Waals surface area (Å²) in [6.07, 6.45) is 0. The first-order valence-electron chi connectivity index (χ1n) is 3.13. The van der Waals surface area contributed by atoms with Gasteiger partial charge in [0.1, 0.15) is 5.75 Å². The van der Waals surface area contributed by atoms with Crippen molar-refractivity contribution in [3.63, 3.8) is 0 Å². The molecule has 0 unspecified atom stereocenters. The molecule has 0 aliphatic heterocycles. The van der Waals surface area contributed by atoms with Crippen molar-refractivity contribution in [3.8, 4) is 5.75 Å². The molecule has 0 saturated carbocycles. The molecular weight excluding hydrogens is 179 g/mol. The standard InChI is InChI=1S/C7H8O.HO3P/c1-6-4-2-3-5-7(6)8;1-4(2)3/h2-5,8H,1H3;(H-,1,2,3)/p+1. The third-order valence-electron chi connectivity index (χ3n) is 1.12. The highest BCUT2D eigenvalue weighted by atomic mass is 31.1. The number of benzene rings is 1. The molecule has 0 saturated heterocycles. The third kappa shape index (κ3) is 5.80. The van der Waals surface area contributed by atoms with Crippen molar-refractivity contribution in [2.75, 3.05) is 0 Å². The molecule has 0 spiro atoms. The fourth-order valence-electron chi connectivity index (χ4n) is 0.563. The van der Waals surface area contributed by atoms with Crippen molar-refractivity contribution in [2.45, 2.75) is 6.92 Å². The van der Waals surface area contributed by atoms with Crippen molar-refractivity contribution in [1.82, 2.24) is 0 Å². The smallest absolute Gasteiger partial charge is 0.508 e. The fourth-order valence-corrected chi connectivity index (χ4v) is 0.563. The van der Waals surface area contributed by atoms with Crippen LogP contribution in [0.3, 0.4) is 0 Å². The Bertz CT molecular complexity index is 236. The van der Waals surface area contributed by atoms with E-state index in [-0.39, 0.29) is 0 Å². The van der Waals surface area contributed by atoms with Crippen LogP contribution in [0.5, 0.6) is 5.75 Å². The lowest BCUT2D eigenvalue weighted by Crippen LogP contribution is -1.68. The molecule has 4 nitrogen and oxygen atoms in total. The highest BCUT2D eigenvalue weighted by Gasteiger charge is 1.93. The summed E-state index contributed by atoms with van der Waals surface area (Å²) in [4.78, 5) is 14.2. The van der Waals surface area contributed by atoms with E-state index in [0.717, 1.165) is 5.56 Å². The molecule has 0 aliphatic carbocycles. The molecular formula is C7H10O4P+.